The summed E-state index contributed by atoms with van der Waals surface area (Å²) in [5.41, 5.74) is 7.12. The van der Waals surface area contributed by atoms with Crippen molar-refractivity contribution in [2.24, 2.45) is 12.8 Å². The Morgan fingerprint density at radius 2 is 2.06 bits per heavy atom. The SMILES string of the molecule is Cn1ccnc1C(O)C(N)Cc1ccccc1. The van der Waals surface area contributed by atoms with Crippen LogP contribution in [0.1, 0.15) is 17.5 Å². The van der Waals surface area contributed by atoms with Crippen molar-refractivity contribution in [2.45, 2.75) is 18.6 Å². The maximum Gasteiger partial charge on any atom is 0.138 e. The summed E-state index contributed by atoms with van der Waals surface area (Å²) in [5.74, 6) is 0.605. The van der Waals surface area contributed by atoms with Gasteiger partial charge in [-0.3, -0.25) is 0 Å². The summed E-state index contributed by atoms with van der Waals surface area (Å²) in [6.07, 6.45) is 3.35. The molecule has 1 aromatic heterocycles. The van der Waals surface area contributed by atoms with Crippen molar-refractivity contribution in [3.05, 3.63) is 54.1 Å². The van der Waals surface area contributed by atoms with Crippen LogP contribution in [0.5, 0.6) is 0 Å². The van der Waals surface area contributed by atoms with Crippen molar-refractivity contribution >= 4 is 0 Å². The van der Waals surface area contributed by atoms with Crippen molar-refractivity contribution in [3.63, 3.8) is 0 Å². The Balaban J connectivity index is 2.06. The van der Waals surface area contributed by atoms with Gasteiger partial charge in [-0.15, -0.1) is 0 Å². The number of hydrogen-bond acceptors (Lipinski definition) is 3. The Bertz CT molecular complexity index is 467. The van der Waals surface area contributed by atoms with Crippen LogP contribution in [0.4, 0.5) is 0 Å². The Morgan fingerprint density at radius 1 is 1.35 bits per heavy atom. The molecule has 2 atom stereocenters. The minimum absolute atomic E-state index is 0.349. The Morgan fingerprint density at radius 3 is 2.65 bits per heavy atom. The lowest BCUT2D eigenvalue weighted by Gasteiger charge is -2.18. The molecule has 4 heteroatoms. The fraction of sp³-hybridized carbons (Fsp3) is 0.308. The summed E-state index contributed by atoms with van der Waals surface area (Å²) < 4.78 is 1.79. The van der Waals surface area contributed by atoms with E-state index < -0.39 is 6.10 Å². The highest BCUT2D eigenvalue weighted by atomic mass is 16.3. The lowest BCUT2D eigenvalue weighted by molar-refractivity contribution is 0.134. The highest BCUT2D eigenvalue weighted by Gasteiger charge is 2.20. The first-order valence-electron chi connectivity index (χ1n) is 5.63. The molecule has 0 radical (unpaired) electrons. The van der Waals surface area contributed by atoms with Gasteiger partial charge in [0.05, 0.1) is 0 Å². The van der Waals surface area contributed by atoms with E-state index in [1.807, 2.05) is 37.4 Å². The van der Waals surface area contributed by atoms with Crippen molar-refractivity contribution in [2.75, 3.05) is 0 Å². The zero-order chi connectivity index (χ0) is 12.3. The number of aryl methyl sites for hydroxylation is 1. The van der Waals surface area contributed by atoms with E-state index >= 15 is 0 Å². The normalized spacial score (nSPS) is 14.5. The van der Waals surface area contributed by atoms with Gasteiger partial charge in [0.25, 0.3) is 0 Å². The van der Waals surface area contributed by atoms with E-state index in [-0.39, 0.29) is 6.04 Å². The van der Waals surface area contributed by atoms with Crippen LogP contribution in [0.15, 0.2) is 42.7 Å². The van der Waals surface area contributed by atoms with Gasteiger partial charge in [0, 0.05) is 25.5 Å². The van der Waals surface area contributed by atoms with E-state index in [0.29, 0.717) is 12.2 Å². The molecular formula is C13H17N3O. The Hall–Kier alpha value is -1.65. The molecule has 2 unspecified atom stereocenters. The fourth-order valence-corrected chi connectivity index (χ4v) is 1.85. The third-order valence-electron chi connectivity index (χ3n) is 2.84. The van der Waals surface area contributed by atoms with Gasteiger partial charge >= 0.3 is 0 Å². The molecule has 90 valence electrons. The van der Waals surface area contributed by atoms with Gasteiger partial charge in [-0.2, -0.15) is 0 Å². The van der Waals surface area contributed by atoms with Crippen LogP contribution in [0.2, 0.25) is 0 Å². The Labute approximate surface area is 101 Å². The van der Waals surface area contributed by atoms with Gasteiger partial charge < -0.3 is 15.4 Å². The molecule has 0 bridgehead atoms. The minimum atomic E-state index is -0.741. The molecule has 0 saturated carbocycles. The monoisotopic (exact) mass is 231 g/mol. The molecule has 0 amide bonds. The van der Waals surface area contributed by atoms with Crippen LogP contribution in [0.3, 0.4) is 0 Å². The van der Waals surface area contributed by atoms with Crippen LogP contribution < -0.4 is 5.73 Å². The molecule has 2 rings (SSSR count). The standard InChI is InChI=1S/C13H17N3O/c1-16-8-7-15-13(16)12(17)11(14)9-10-5-3-2-4-6-10/h2-8,11-12,17H,9,14H2,1H3. The number of rotatable bonds is 4. The van der Waals surface area contributed by atoms with Gasteiger partial charge in [0.15, 0.2) is 0 Å². The van der Waals surface area contributed by atoms with E-state index in [2.05, 4.69) is 4.98 Å². The number of benzene rings is 1. The average molecular weight is 231 g/mol. The number of nitrogens with two attached hydrogens (primary N) is 1. The number of aliphatic hydroxyl groups excluding tert-OH is 1. The van der Waals surface area contributed by atoms with E-state index in [1.54, 1.807) is 17.0 Å². The van der Waals surface area contributed by atoms with Crippen LogP contribution >= 0.6 is 0 Å². The Kier molecular flexibility index (Phi) is 3.56. The summed E-state index contributed by atoms with van der Waals surface area (Å²) >= 11 is 0. The van der Waals surface area contributed by atoms with Crippen LogP contribution in [-0.4, -0.2) is 20.7 Å². The molecule has 1 aromatic carbocycles. The number of aliphatic hydroxyl groups is 1. The molecule has 0 saturated heterocycles. The third-order valence-corrected chi connectivity index (χ3v) is 2.84. The fourth-order valence-electron chi connectivity index (χ4n) is 1.85. The minimum Gasteiger partial charge on any atom is -0.384 e. The zero-order valence-electron chi connectivity index (χ0n) is 9.82. The topological polar surface area (TPSA) is 64.1 Å². The van der Waals surface area contributed by atoms with Crippen LogP contribution in [0, 0.1) is 0 Å². The molecule has 4 nitrogen and oxygen atoms in total. The molecule has 3 N–H and O–H groups in total. The predicted molar refractivity (Wildman–Crippen MR) is 66.3 cm³/mol. The second-order valence-electron chi connectivity index (χ2n) is 4.19. The highest BCUT2D eigenvalue weighted by Crippen LogP contribution is 2.16. The van der Waals surface area contributed by atoms with E-state index in [1.165, 1.54) is 0 Å². The lowest BCUT2D eigenvalue weighted by Crippen LogP contribution is -2.32. The molecule has 0 fully saturated rings. The first kappa shape index (κ1) is 11.8. The molecule has 0 spiro atoms. The van der Waals surface area contributed by atoms with E-state index in [9.17, 15) is 5.11 Å². The van der Waals surface area contributed by atoms with Gasteiger partial charge in [-0.25, -0.2) is 4.98 Å². The number of imidazole rings is 1. The van der Waals surface area contributed by atoms with Crippen LogP contribution in [-0.2, 0) is 13.5 Å². The smallest absolute Gasteiger partial charge is 0.138 e. The first-order valence-corrected chi connectivity index (χ1v) is 5.63. The molecule has 0 aliphatic rings. The van der Waals surface area contributed by atoms with Crippen molar-refractivity contribution < 1.29 is 5.11 Å². The summed E-state index contributed by atoms with van der Waals surface area (Å²) in [6, 6.07) is 9.56. The zero-order valence-corrected chi connectivity index (χ0v) is 9.82. The van der Waals surface area contributed by atoms with E-state index in [4.69, 9.17) is 5.73 Å². The molecule has 0 aliphatic carbocycles. The maximum atomic E-state index is 10.1. The average Bonchev–Trinajstić information content (AvgIpc) is 2.76. The molecular weight excluding hydrogens is 214 g/mol. The van der Waals surface area contributed by atoms with Gasteiger partial charge in [-0.1, -0.05) is 30.3 Å². The molecule has 0 aliphatic heterocycles. The highest BCUT2D eigenvalue weighted by molar-refractivity contribution is 5.16. The van der Waals surface area contributed by atoms with E-state index in [0.717, 1.165) is 5.56 Å². The predicted octanol–water partition coefficient (Wildman–Crippen LogP) is 1.02. The van der Waals surface area contributed by atoms with Crippen molar-refractivity contribution in [1.82, 2.24) is 9.55 Å². The molecule has 1 heterocycles. The molecule has 2 aromatic rings. The van der Waals surface area contributed by atoms with Gasteiger partial charge in [0.2, 0.25) is 0 Å². The summed E-state index contributed by atoms with van der Waals surface area (Å²) in [5, 5.41) is 10.1. The van der Waals surface area contributed by atoms with Gasteiger partial charge in [0.1, 0.15) is 11.9 Å². The molecule has 17 heavy (non-hydrogen) atoms. The summed E-state index contributed by atoms with van der Waals surface area (Å²) in [6.45, 7) is 0. The largest absolute Gasteiger partial charge is 0.384 e. The summed E-state index contributed by atoms with van der Waals surface area (Å²) in [4.78, 5) is 4.11. The quantitative estimate of drug-likeness (QED) is 0.826. The number of nitrogens with zero attached hydrogens (tertiary/aromatic N) is 2. The van der Waals surface area contributed by atoms with Crippen molar-refractivity contribution in [3.8, 4) is 0 Å². The second kappa shape index (κ2) is 5.12. The summed E-state index contributed by atoms with van der Waals surface area (Å²) in [7, 11) is 1.85. The first-order chi connectivity index (χ1) is 8.18. The number of hydrogen-bond donors (Lipinski definition) is 2. The van der Waals surface area contributed by atoms with Gasteiger partial charge in [-0.05, 0) is 12.0 Å². The van der Waals surface area contributed by atoms with Crippen molar-refractivity contribution in [1.29, 1.82) is 0 Å². The van der Waals surface area contributed by atoms with Crippen LogP contribution in [0.25, 0.3) is 0 Å². The number of aromatic nitrogens is 2. The lowest BCUT2D eigenvalue weighted by atomic mass is 10.0. The third kappa shape index (κ3) is 2.72. The second-order valence-corrected chi connectivity index (χ2v) is 4.19. The maximum absolute atomic E-state index is 10.1.